The van der Waals surface area contributed by atoms with E-state index >= 15 is 0 Å². The first kappa shape index (κ1) is 20.8. The van der Waals surface area contributed by atoms with E-state index in [1.54, 1.807) is 23.6 Å². The molecular formula is C21H21NO6S2. The van der Waals surface area contributed by atoms with Crippen LogP contribution in [0, 0.1) is 12.8 Å². The average Bonchev–Trinajstić information content (AvgIpc) is 3.27. The molecule has 9 heteroatoms. The zero-order valence-electron chi connectivity index (χ0n) is 16.4. The molecule has 0 unspecified atom stereocenters. The number of aryl methyl sites for hydroxylation is 1. The highest BCUT2D eigenvalue weighted by molar-refractivity contribution is 7.91. The summed E-state index contributed by atoms with van der Waals surface area (Å²) >= 11 is 1.16. The van der Waals surface area contributed by atoms with Crippen molar-refractivity contribution in [2.45, 2.75) is 30.6 Å². The number of ether oxygens (including phenoxy) is 1. The van der Waals surface area contributed by atoms with E-state index in [0.29, 0.717) is 35.9 Å². The number of thiophene rings is 1. The van der Waals surface area contributed by atoms with Gasteiger partial charge in [-0.25, -0.2) is 13.2 Å². The molecule has 0 bridgehead atoms. The van der Waals surface area contributed by atoms with Gasteiger partial charge in [-0.1, -0.05) is 18.2 Å². The van der Waals surface area contributed by atoms with E-state index in [9.17, 15) is 18.0 Å². The van der Waals surface area contributed by atoms with Crippen LogP contribution >= 0.6 is 11.3 Å². The van der Waals surface area contributed by atoms with E-state index in [1.165, 1.54) is 10.4 Å². The Hall–Kier alpha value is -2.49. The van der Waals surface area contributed by atoms with Crippen LogP contribution in [0.5, 0.6) is 0 Å². The van der Waals surface area contributed by atoms with Crippen molar-refractivity contribution in [3.05, 3.63) is 63.3 Å². The number of hydrogen-bond acceptors (Lipinski definition) is 7. The van der Waals surface area contributed by atoms with E-state index in [4.69, 9.17) is 9.15 Å². The molecule has 0 amide bonds. The number of piperidine rings is 1. The fourth-order valence-electron chi connectivity index (χ4n) is 3.61. The van der Waals surface area contributed by atoms with Crippen molar-refractivity contribution in [2.24, 2.45) is 5.92 Å². The molecule has 3 aromatic rings. The van der Waals surface area contributed by atoms with E-state index in [-0.39, 0.29) is 17.4 Å². The molecular weight excluding hydrogens is 426 g/mol. The Labute approximate surface area is 177 Å². The molecule has 0 spiro atoms. The van der Waals surface area contributed by atoms with Crippen molar-refractivity contribution >= 4 is 38.3 Å². The molecule has 1 aliphatic rings. The quantitative estimate of drug-likeness (QED) is 0.440. The minimum absolute atomic E-state index is 0.0713. The average molecular weight is 448 g/mol. The van der Waals surface area contributed by atoms with Gasteiger partial charge in [-0.3, -0.25) is 4.79 Å². The molecule has 0 radical (unpaired) electrons. The Morgan fingerprint density at radius 3 is 2.90 bits per heavy atom. The summed E-state index contributed by atoms with van der Waals surface area (Å²) in [7, 11) is -3.60. The van der Waals surface area contributed by atoms with E-state index < -0.39 is 27.5 Å². The SMILES string of the molecule is Cc1ccc2c(COC(=O)[C@H]3CCCN(S(=O)(=O)c4cccs4)C3)cc(=O)oc2c1. The third-order valence-electron chi connectivity index (χ3n) is 5.16. The number of nitrogens with zero attached hydrogens (tertiary/aromatic N) is 1. The molecule has 2 aromatic heterocycles. The fourth-order valence-corrected chi connectivity index (χ4v) is 6.28. The van der Waals surface area contributed by atoms with Crippen molar-refractivity contribution in [3.8, 4) is 0 Å². The maximum absolute atomic E-state index is 12.7. The lowest BCUT2D eigenvalue weighted by atomic mass is 10.00. The first-order valence-corrected chi connectivity index (χ1v) is 11.9. The molecule has 0 aliphatic carbocycles. The molecule has 30 heavy (non-hydrogen) atoms. The van der Waals surface area contributed by atoms with Gasteiger partial charge in [0.1, 0.15) is 16.4 Å². The molecule has 1 saturated heterocycles. The first-order valence-electron chi connectivity index (χ1n) is 9.58. The lowest BCUT2D eigenvalue weighted by Crippen LogP contribution is -2.42. The number of sulfonamides is 1. The standard InChI is InChI=1S/C21H21NO6S2/c1-14-6-7-17-16(11-19(23)28-18(17)10-14)13-27-21(24)15-4-2-8-22(12-15)30(25,26)20-5-3-9-29-20/h3,5-7,9-11,15H,2,4,8,12-13H2,1H3/t15-/m0/s1. The molecule has 158 valence electrons. The molecule has 1 aromatic carbocycles. The van der Waals surface area contributed by atoms with Crippen LogP contribution < -0.4 is 5.63 Å². The highest BCUT2D eigenvalue weighted by Gasteiger charge is 2.34. The highest BCUT2D eigenvalue weighted by atomic mass is 32.2. The third kappa shape index (κ3) is 4.19. The molecule has 4 rings (SSSR count). The summed E-state index contributed by atoms with van der Waals surface area (Å²) in [6.45, 7) is 2.30. The maximum atomic E-state index is 12.7. The predicted molar refractivity (Wildman–Crippen MR) is 113 cm³/mol. The van der Waals surface area contributed by atoms with Gasteiger partial charge in [-0.15, -0.1) is 11.3 Å². The van der Waals surface area contributed by atoms with Gasteiger partial charge in [0, 0.05) is 30.1 Å². The monoisotopic (exact) mass is 447 g/mol. The number of fused-ring (bicyclic) bond motifs is 1. The number of rotatable bonds is 5. The van der Waals surface area contributed by atoms with Gasteiger partial charge in [-0.05, 0) is 42.8 Å². The Balaban J connectivity index is 1.47. The van der Waals surface area contributed by atoms with Gasteiger partial charge in [0.25, 0.3) is 10.0 Å². The Bertz CT molecular complexity index is 1230. The van der Waals surface area contributed by atoms with Crippen molar-refractivity contribution in [2.75, 3.05) is 13.1 Å². The zero-order chi connectivity index (χ0) is 21.3. The van der Waals surface area contributed by atoms with Crippen LogP contribution in [-0.4, -0.2) is 31.8 Å². The first-order chi connectivity index (χ1) is 14.3. The normalized spacial score (nSPS) is 17.8. The second-order valence-corrected chi connectivity index (χ2v) is 10.4. The third-order valence-corrected chi connectivity index (χ3v) is 8.40. The van der Waals surface area contributed by atoms with Gasteiger partial charge in [-0.2, -0.15) is 4.31 Å². The molecule has 0 saturated carbocycles. The van der Waals surface area contributed by atoms with Gasteiger partial charge in [0.15, 0.2) is 0 Å². The van der Waals surface area contributed by atoms with Crippen LogP contribution in [0.15, 0.2) is 55.2 Å². The zero-order valence-corrected chi connectivity index (χ0v) is 18.0. The van der Waals surface area contributed by atoms with Gasteiger partial charge >= 0.3 is 11.6 Å². The van der Waals surface area contributed by atoms with Crippen molar-refractivity contribution in [1.82, 2.24) is 4.31 Å². The Morgan fingerprint density at radius 2 is 2.13 bits per heavy atom. The lowest BCUT2D eigenvalue weighted by Gasteiger charge is -2.30. The maximum Gasteiger partial charge on any atom is 0.336 e. The number of esters is 1. The molecule has 0 N–H and O–H groups in total. The minimum Gasteiger partial charge on any atom is -0.461 e. The molecule has 1 fully saturated rings. The van der Waals surface area contributed by atoms with Crippen LogP contribution in [0.25, 0.3) is 11.0 Å². The van der Waals surface area contributed by atoms with Crippen molar-refractivity contribution in [3.63, 3.8) is 0 Å². The van der Waals surface area contributed by atoms with Crippen LogP contribution in [0.2, 0.25) is 0 Å². The highest BCUT2D eigenvalue weighted by Crippen LogP contribution is 2.27. The number of benzene rings is 1. The largest absolute Gasteiger partial charge is 0.461 e. The molecule has 1 atom stereocenters. The minimum atomic E-state index is -3.60. The molecule has 7 nitrogen and oxygen atoms in total. The molecule has 1 aliphatic heterocycles. The van der Waals surface area contributed by atoms with Gasteiger partial charge in [0.2, 0.25) is 0 Å². The fraction of sp³-hybridized carbons (Fsp3) is 0.333. The van der Waals surface area contributed by atoms with Gasteiger partial charge < -0.3 is 9.15 Å². The Kier molecular flexibility index (Phi) is 5.77. The summed E-state index contributed by atoms with van der Waals surface area (Å²) in [5.41, 5.74) is 1.45. The number of carbonyl (C=O) groups excluding carboxylic acids is 1. The summed E-state index contributed by atoms with van der Waals surface area (Å²) in [5.74, 6) is -1.00. The summed E-state index contributed by atoms with van der Waals surface area (Å²) < 4.78 is 37.8. The van der Waals surface area contributed by atoms with Crippen LogP contribution in [0.3, 0.4) is 0 Å². The predicted octanol–water partition coefficient (Wildman–Crippen LogP) is 3.31. The Morgan fingerprint density at radius 1 is 1.30 bits per heavy atom. The lowest BCUT2D eigenvalue weighted by molar-refractivity contribution is -0.151. The van der Waals surface area contributed by atoms with Crippen LogP contribution in [0.4, 0.5) is 0 Å². The summed E-state index contributed by atoms with van der Waals surface area (Å²) in [5, 5.41) is 2.42. The van der Waals surface area contributed by atoms with Crippen LogP contribution in [-0.2, 0) is 26.2 Å². The topological polar surface area (TPSA) is 93.9 Å². The van der Waals surface area contributed by atoms with E-state index in [2.05, 4.69) is 0 Å². The second kappa shape index (κ2) is 8.33. The van der Waals surface area contributed by atoms with E-state index in [0.717, 1.165) is 16.9 Å². The summed E-state index contributed by atoms with van der Waals surface area (Å²) in [6.07, 6.45) is 1.15. The van der Waals surface area contributed by atoms with Crippen molar-refractivity contribution in [1.29, 1.82) is 0 Å². The van der Waals surface area contributed by atoms with Gasteiger partial charge in [0.05, 0.1) is 5.92 Å². The summed E-state index contributed by atoms with van der Waals surface area (Å²) in [6, 6.07) is 10.1. The number of carbonyl (C=O) groups is 1. The van der Waals surface area contributed by atoms with Crippen LogP contribution in [0.1, 0.15) is 24.0 Å². The number of hydrogen-bond donors (Lipinski definition) is 0. The van der Waals surface area contributed by atoms with Crippen molar-refractivity contribution < 1.29 is 22.4 Å². The van der Waals surface area contributed by atoms with E-state index in [1.807, 2.05) is 19.1 Å². The summed E-state index contributed by atoms with van der Waals surface area (Å²) in [4.78, 5) is 24.5. The smallest absolute Gasteiger partial charge is 0.336 e. The molecule has 3 heterocycles. The second-order valence-electron chi connectivity index (χ2n) is 7.33.